The maximum absolute atomic E-state index is 12.6. The molecule has 0 heterocycles. The molecule has 0 saturated carbocycles. The zero-order chi connectivity index (χ0) is 13.2. The van der Waals surface area contributed by atoms with Crippen LogP contribution < -0.4 is 0 Å². The largest absolute Gasteiger partial charge is 0.337 e. The average molecular weight is 237 g/mol. The zero-order valence-corrected chi connectivity index (χ0v) is 12.2. The first-order valence-corrected chi connectivity index (χ1v) is 6.84. The smallest absolute Gasteiger partial charge is 0.230 e. The van der Waals surface area contributed by atoms with Crippen molar-refractivity contribution < 1.29 is 4.79 Å². The van der Waals surface area contributed by atoms with Crippen LogP contribution in [0, 0.1) is 5.92 Å². The molecule has 2 heteroatoms. The van der Waals surface area contributed by atoms with Gasteiger partial charge >= 0.3 is 0 Å². The van der Waals surface area contributed by atoms with Crippen LogP contribution in [0.2, 0.25) is 0 Å². The number of hydrogen-bond acceptors (Lipinski definition) is 1. The highest BCUT2D eigenvalue weighted by molar-refractivity contribution is 5.82. The Balaban J connectivity index is 2.92. The van der Waals surface area contributed by atoms with Crippen LogP contribution in [-0.2, 0) is 4.79 Å². The van der Waals surface area contributed by atoms with Gasteiger partial charge in [-0.25, -0.2) is 0 Å². The minimum absolute atomic E-state index is 0.133. The summed E-state index contributed by atoms with van der Waals surface area (Å²) in [5, 5.41) is 0. The molecule has 1 unspecified atom stereocenters. The van der Waals surface area contributed by atoms with Crippen molar-refractivity contribution in [3.63, 3.8) is 0 Å². The van der Waals surface area contributed by atoms with E-state index in [0.717, 1.165) is 12.8 Å². The fraction of sp³-hybridized carbons (Fsp3) is 0.800. The number of carbonyl (C=O) groups is 1. The van der Waals surface area contributed by atoms with E-state index < -0.39 is 0 Å². The lowest BCUT2D eigenvalue weighted by Crippen LogP contribution is -2.46. The lowest BCUT2D eigenvalue weighted by molar-refractivity contribution is -0.138. The summed E-state index contributed by atoms with van der Waals surface area (Å²) in [7, 11) is 0. The molecule has 98 valence electrons. The topological polar surface area (TPSA) is 20.3 Å². The summed E-state index contributed by atoms with van der Waals surface area (Å²) < 4.78 is 0. The third-order valence-electron chi connectivity index (χ3n) is 3.91. The first kappa shape index (κ1) is 14.3. The Morgan fingerprint density at radius 1 is 1.18 bits per heavy atom. The molecule has 2 nitrogen and oxygen atoms in total. The molecular weight excluding hydrogens is 210 g/mol. The van der Waals surface area contributed by atoms with Gasteiger partial charge in [0.2, 0.25) is 5.91 Å². The van der Waals surface area contributed by atoms with Crippen LogP contribution >= 0.6 is 0 Å². The molecule has 0 aliphatic heterocycles. The summed E-state index contributed by atoms with van der Waals surface area (Å²) in [6, 6.07) is 0.579. The molecule has 1 amide bonds. The molecule has 1 aliphatic carbocycles. The van der Waals surface area contributed by atoms with Crippen molar-refractivity contribution in [2.75, 3.05) is 0 Å². The maximum Gasteiger partial charge on any atom is 0.230 e. The van der Waals surface area contributed by atoms with Gasteiger partial charge in [-0.1, -0.05) is 11.1 Å². The summed E-state index contributed by atoms with van der Waals surface area (Å²) in [4.78, 5) is 14.7. The van der Waals surface area contributed by atoms with E-state index in [-0.39, 0.29) is 18.0 Å². The molecule has 0 spiro atoms. The number of nitrogens with zero attached hydrogens (tertiary/aromatic N) is 1. The quantitative estimate of drug-likeness (QED) is 0.684. The molecule has 17 heavy (non-hydrogen) atoms. The van der Waals surface area contributed by atoms with E-state index in [2.05, 4.69) is 41.5 Å². The lowest BCUT2D eigenvalue weighted by atomic mass is 9.83. The Bertz CT molecular complexity index is 307. The van der Waals surface area contributed by atoms with E-state index in [1.165, 1.54) is 17.6 Å². The van der Waals surface area contributed by atoms with Gasteiger partial charge in [0, 0.05) is 12.1 Å². The van der Waals surface area contributed by atoms with Crippen molar-refractivity contribution in [3.8, 4) is 0 Å². The predicted molar refractivity (Wildman–Crippen MR) is 72.8 cm³/mol. The molecule has 0 N–H and O–H groups in total. The highest BCUT2D eigenvalue weighted by atomic mass is 16.2. The molecule has 0 bridgehead atoms. The molecule has 0 saturated heterocycles. The Kier molecular flexibility index (Phi) is 4.79. The SMILES string of the molecule is CC1=C(C)C(C(=O)N(C(C)C)C(C)C)CCC1. The van der Waals surface area contributed by atoms with Crippen LogP contribution in [0.3, 0.4) is 0 Å². The van der Waals surface area contributed by atoms with E-state index in [4.69, 9.17) is 0 Å². The Morgan fingerprint density at radius 2 is 1.71 bits per heavy atom. The minimum Gasteiger partial charge on any atom is -0.337 e. The van der Waals surface area contributed by atoms with Crippen LogP contribution in [0.15, 0.2) is 11.1 Å². The fourth-order valence-corrected chi connectivity index (χ4v) is 2.88. The number of rotatable bonds is 3. The van der Waals surface area contributed by atoms with Gasteiger partial charge in [-0.2, -0.15) is 0 Å². The Morgan fingerprint density at radius 3 is 2.18 bits per heavy atom. The highest BCUT2D eigenvalue weighted by Crippen LogP contribution is 2.31. The standard InChI is InChI=1S/C15H27NO/c1-10(2)16(11(3)4)15(17)14-9-7-8-12(5)13(14)6/h10-11,14H,7-9H2,1-6H3. The Hall–Kier alpha value is -0.790. The average Bonchev–Trinajstić information content (AvgIpc) is 2.20. The maximum atomic E-state index is 12.6. The van der Waals surface area contributed by atoms with E-state index in [9.17, 15) is 4.79 Å². The monoisotopic (exact) mass is 237 g/mol. The molecule has 1 atom stereocenters. The fourth-order valence-electron chi connectivity index (χ4n) is 2.88. The van der Waals surface area contributed by atoms with Gasteiger partial charge in [0.25, 0.3) is 0 Å². The molecule has 0 fully saturated rings. The van der Waals surface area contributed by atoms with E-state index >= 15 is 0 Å². The third kappa shape index (κ3) is 3.11. The normalized spacial score (nSPS) is 21.3. The van der Waals surface area contributed by atoms with E-state index in [0.29, 0.717) is 5.91 Å². The van der Waals surface area contributed by atoms with Gasteiger partial charge in [0.1, 0.15) is 0 Å². The van der Waals surface area contributed by atoms with E-state index in [1.54, 1.807) is 0 Å². The van der Waals surface area contributed by atoms with Crippen LogP contribution in [0.25, 0.3) is 0 Å². The van der Waals surface area contributed by atoms with Crippen molar-refractivity contribution >= 4 is 5.91 Å². The zero-order valence-electron chi connectivity index (χ0n) is 12.2. The second-order valence-corrected chi connectivity index (χ2v) is 5.84. The summed E-state index contributed by atoms with van der Waals surface area (Å²) in [5.74, 6) is 0.458. The molecular formula is C15H27NO. The van der Waals surface area contributed by atoms with Gasteiger partial charge < -0.3 is 4.90 Å². The van der Waals surface area contributed by atoms with Crippen molar-refractivity contribution in [2.45, 2.75) is 72.9 Å². The summed E-state index contributed by atoms with van der Waals surface area (Å²) in [6.07, 6.45) is 3.35. The van der Waals surface area contributed by atoms with Gasteiger partial charge in [-0.3, -0.25) is 4.79 Å². The van der Waals surface area contributed by atoms with Gasteiger partial charge in [0.15, 0.2) is 0 Å². The number of allylic oxidation sites excluding steroid dienone is 1. The highest BCUT2D eigenvalue weighted by Gasteiger charge is 2.31. The molecule has 0 aromatic heterocycles. The summed E-state index contributed by atoms with van der Waals surface area (Å²) in [5.41, 5.74) is 2.73. The predicted octanol–water partition coefficient (Wildman–Crippen LogP) is 3.77. The molecule has 1 aliphatic rings. The summed E-state index contributed by atoms with van der Waals surface area (Å²) in [6.45, 7) is 12.7. The van der Waals surface area contributed by atoms with Crippen molar-refractivity contribution in [1.82, 2.24) is 4.90 Å². The Labute approximate surface area is 106 Å². The van der Waals surface area contributed by atoms with Gasteiger partial charge in [-0.15, -0.1) is 0 Å². The first-order chi connectivity index (χ1) is 7.86. The van der Waals surface area contributed by atoms with Crippen LogP contribution in [0.5, 0.6) is 0 Å². The number of carbonyl (C=O) groups excluding carboxylic acids is 1. The van der Waals surface area contributed by atoms with Gasteiger partial charge in [0.05, 0.1) is 5.92 Å². The molecule has 1 rings (SSSR count). The summed E-state index contributed by atoms with van der Waals surface area (Å²) >= 11 is 0. The van der Waals surface area contributed by atoms with Gasteiger partial charge in [-0.05, 0) is 60.8 Å². The van der Waals surface area contributed by atoms with Crippen molar-refractivity contribution in [2.24, 2.45) is 5.92 Å². The van der Waals surface area contributed by atoms with Crippen molar-refractivity contribution in [3.05, 3.63) is 11.1 Å². The van der Waals surface area contributed by atoms with Crippen LogP contribution in [0.4, 0.5) is 0 Å². The lowest BCUT2D eigenvalue weighted by Gasteiger charge is -2.36. The van der Waals surface area contributed by atoms with E-state index in [1.807, 2.05) is 4.90 Å². The second kappa shape index (κ2) is 5.70. The molecule has 0 radical (unpaired) electrons. The van der Waals surface area contributed by atoms with Crippen molar-refractivity contribution in [1.29, 1.82) is 0 Å². The van der Waals surface area contributed by atoms with Crippen LogP contribution in [0.1, 0.15) is 60.8 Å². The third-order valence-corrected chi connectivity index (χ3v) is 3.91. The molecule has 0 aromatic rings. The second-order valence-electron chi connectivity index (χ2n) is 5.84. The minimum atomic E-state index is 0.133. The first-order valence-electron chi connectivity index (χ1n) is 6.84. The van der Waals surface area contributed by atoms with Crippen LogP contribution in [-0.4, -0.2) is 22.9 Å². The molecule has 0 aromatic carbocycles. The number of hydrogen-bond donors (Lipinski definition) is 0. The number of amides is 1.